The molecule has 3 heteroatoms. The third-order valence-electron chi connectivity index (χ3n) is 5.50. The maximum Gasteiger partial charge on any atom is 0.0475 e. The summed E-state index contributed by atoms with van der Waals surface area (Å²) in [6.07, 6.45) is 2.62. The predicted molar refractivity (Wildman–Crippen MR) is 88.5 cm³/mol. The SMILES string of the molecule is CCC1(CN2CCN(C)CC2c2ccccc2)CCNC1. The van der Waals surface area contributed by atoms with Gasteiger partial charge in [-0.2, -0.15) is 0 Å². The number of rotatable bonds is 4. The highest BCUT2D eigenvalue weighted by molar-refractivity contribution is 5.20. The van der Waals surface area contributed by atoms with Gasteiger partial charge in [0.2, 0.25) is 0 Å². The topological polar surface area (TPSA) is 18.5 Å². The summed E-state index contributed by atoms with van der Waals surface area (Å²) in [7, 11) is 2.25. The number of hydrogen-bond donors (Lipinski definition) is 1. The van der Waals surface area contributed by atoms with Crippen molar-refractivity contribution in [3.63, 3.8) is 0 Å². The number of benzene rings is 1. The third-order valence-corrected chi connectivity index (χ3v) is 5.50. The Morgan fingerprint density at radius 3 is 2.71 bits per heavy atom. The number of nitrogens with one attached hydrogen (secondary N) is 1. The van der Waals surface area contributed by atoms with Gasteiger partial charge in [0, 0.05) is 38.8 Å². The molecule has 1 N–H and O–H groups in total. The summed E-state index contributed by atoms with van der Waals surface area (Å²) in [4.78, 5) is 5.21. The van der Waals surface area contributed by atoms with Crippen molar-refractivity contribution < 1.29 is 0 Å². The van der Waals surface area contributed by atoms with Gasteiger partial charge in [-0.15, -0.1) is 0 Å². The summed E-state index contributed by atoms with van der Waals surface area (Å²) in [5.74, 6) is 0. The smallest absolute Gasteiger partial charge is 0.0475 e. The first-order valence-electron chi connectivity index (χ1n) is 8.41. The van der Waals surface area contributed by atoms with Crippen LogP contribution in [0.3, 0.4) is 0 Å². The highest BCUT2D eigenvalue weighted by atomic mass is 15.3. The summed E-state index contributed by atoms with van der Waals surface area (Å²) < 4.78 is 0. The average molecular weight is 287 g/mol. The molecule has 0 amide bonds. The Labute approximate surface area is 129 Å². The molecule has 2 atom stereocenters. The molecular formula is C18H29N3. The van der Waals surface area contributed by atoms with Gasteiger partial charge >= 0.3 is 0 Å². The molecule has 2 saturated heterocycles. The van der Waals surface area contributed by atoms with E-state index in [4.69, 9.17) is 0 Å². The van der Waals surface area contributed by atoms with E-state index in [9.17, 15) is 0 Å². The minimum absolute atomic E-state index is 0.489. The summed E-state index contributed by atoms with van der Waals surface area (Å²) >= 11 is 0. The number of likely N-dealkylation sites (N-methyl/N-ethyl adjacent to an activating group) is 1. The van der Waals surface area contributed by atoms with Gasteiger partial charge in [0.05, 0.1) is 0 Å². The van der Waals surface area contributed by atoms with Crippen LogP contribution in [0.4, 0.5) is 0 Å². The van der Waals surface area contributed by atoms with Gasteiger partial charge in [-0.05, 0) is 37.4 Å². The van der Waals surface area contributed by atoms with Gasteiger partial charge in [0.15, 0.2) is 0 Å². The van der Waals surface area contributed by atoms with Crippen molar-refractivity contribution in [1.29, 1.82) is 0 Å². The standard InChI is InChI=1S/C18H29N3/c1-3-18(9-10-19-14-18)15-21-12-11-20(2)13-17(21)16-7-5-4-6-8-16/h4-8,17,19H,3,9-15H2,1-2H3. The fourth-order valence-electron chi connectivity index (χ4n) is 3.91. The Morgan fingerprint density at radius 1 is 1.24 bits per heavy atom. The van der Waals surface area contributed by atoms with Crippen LogP contribution in [-0.2, 0) is 0 Å². The van der Waals surface area contributed by atoms with Crippen molar-refractivity contribution in [2.75, 3.05) is 46.3 Å². The maximum atomic E-state index is 3.58. The molecule has 116 valence electrons. The van der Waals surface area contributed by atoms with E-state index in [-0.39, 0.29) is 0 Å². The zero-order valence-electron chi connectivity index (χ0n) is 13.5. The Hall–Kier alpha value is -0.900. The molecular weight excluding hydrogens is 258 g/mol. The quantitative estimate of drug-likeness (QED) is 0.917. The van der Waals surface area contributed by atoms with Gasteiger partial charge in [-0.3, -0.25) is 4.90 Å². The second kappa shape index (κ2) is 6.47. The molecule has 0 spiro atoms. The second-order valence-electron chi connectivity index (χ2n) is 6.94. The van der Waals surface area contributed by atoms with Crippen molar-refractivity contribution in [2.45, 2.75) is 25.8 Å². The monoisotopic (exact) mass is 287 g/mol. The third kappa shape index (κ3) is 3.31. The molecule has 1 aromatic rings. The second-order valence-corrected chi connectivity index (χ2v) is 6.94. The molecule has 1 aromatic carbocycles. The zero-order valence-corrected chi connectivity index (χ0v) is 13.5. The Balaban J connectivity index is 1.78. The highest BCUT2D eigenvalue weighted by Crippen LogP contribution is 2.34. The lowest BCUT2D eigenvalue weighted by Crippen LogP contribution is -2.50. The molecule has 0 radical (unpaired) electrons. The summed E-state index contributed by atoms with van der Waals surface area (Å²) in [6.45, 7) is 9.52. The molecule has 2 heterocycles. The van der Waals surface area contributed by atoms with Crippen molar-refractivity contribution in [1.82, 2.24) is 15.1 Å². The van der Waals surface area contributed by atoms with Gasteiger partial charge in [0.1, 0.15) is 0 Å². The van der Waals surface area contributed by atoms with E-state index >= 15 is 0 Å². The molecule has 2 aliphatic heterocycles. The summed E-state index contributed by atoms with van der Waals surface area (Å²) in [5.41, 5.74) is 1.96. The average Bonchev–Trinajstić information content (AvgIpc) is 2.99. The predicted octanol–water partition coefficient (Wildman–Crippen LogP) is 2.36. The van der Waals surface area contributed by atoms with E-state index in [1.54, 1.807) is 0 Å². The number of piperazine rings is 1. The van der Waals surface area contributed by atoms with E-state index in [0.717, 1.165) is 6.54 Å². The normalized spacial score (nSPS) is 31.6. The summed E-state index contributed by atoms with van der Waals surface area (Å²) in [5, 5.41) is 3.58. The van der Waals surface area contributed by atoms with E-state index in [1.165, 1.54) is 51.1 Å². The van der Waals surface area contributed by atoms with Crippen LogP contribution in [0.15, 0.2) is 30.3 Å². The molecule has 0 saturated carbocycles. The van der Waals surface area contributed by atoms with Crippen LogP contribution in [0.2, 0.25) is 0 Å². The first-order chi connectivity index (χ1) is 10.2. The number of nitrogens with zero attached hydrogens (tertiary/aromatic N) is 2. The first-order valence-corrected chi connectivity index (χ1v) is 8.41. The lowest BCUT2D eigenvalue weighted by Gasteiger charge is -2.44. The molecule has 3 rings (SSSR count). The zero-order chi connectivity index (χ0) is 14.7. The van der Waals surface area contributed by atoms with Crippen LogP contribution in [0.5, 0.6) is 0 Å². The molecule has 21 heavy (non-hydrogen) atoms. The molecule has 2 unspecified atom stereocenters. The van der Waals surface area contributed by atoms with Crippen LogP contribution >= 0.6 is 0 Å². The highest BCUT2D eigenvalue weighted by Gasteiger charge is 2.37. The van der Waals surface area contributed by atoms with Crippen molar-refractivity contribution >= 4 is 0 Å². The van der Waals surface area contributed by atoms with Gasteiger partial charge in [-0.25, -0.2) is 0 Å². The fraction of sp³-hybridized carbons (Fsp3) is 0.667. The van der Waals surface area contributed by atoms with Crippen molar-refractivity contribution in [3.8, 4) is 0 Å². The van der Waals surface area contributed by atoms with Crippen LogP contribution in [0.25, 0.3) is 0 Å². The Morgan fingerprint density at radius 2 is 2.05 bits per heavy atom. The molecule has 0 bridgehead atoms. The fourth-order valence-corrected chi connectivity index (χ4v) is 3.91. The van der Waals surface area contributed by atoms with Gasteiger partial charge in [0.25, 0.3) is 0 Å². The van der Waals surface area contributed by atoms with E-state index in [2.05, 4.69) is 59.4 Å². The lowest BCUT2D eigenvalue weighted by atomic mass is 9.82. The van der Waals surface area contributed by atoms with Gasteiger partial charge < -0.3 is 10.2 Å². The van der Waals surface area contributed by atoms with Crippen molar-refractivity contribution in [3.05, 3.63) is 35.9 Å². The summed E-state index contributed by atoms with van der Waals surface area (Å²) in [6, 6.07) is 11.6. The Bertz CT molecular complexity index is 439. The van der Waals surface area contributed by atoms with Crippen LogP contribution < -0.4 is 5.32 Å². The minimum Gasteiger partial charge on any atom is -0.316 e. The van der Waals surface area contributed by atoms with Crippen LogP contribution in [0.1, 0.15) is 31.4 Å². The molecule has 3 nitrogen and oxygen atoms in total. The molecule has 2 fully saturated rings. The lowest BCUT2D eigenvalue weighted by molar-refractivity contribution is 0.0497. The number of hydrogen-bond acceptors (Lipinski definition) is 3. The first kappa shape index (κ1) is 15.0. The molecule has 0 aromatic heterocycles. The minimum atomic E-state index is 0.489. The van der Waals surface area contributed by atoms with Gasteiger partial charge in [-0.1, -0.05) is 37.3 Å². The molecule has 0 aliphatic carbocycles. The van der Waals surface area contributed by atoms with Crippen LogP contribution in [0, 0.1) is 5.41 Å². The van der Waals surface area contributed by atoms with E-state index in [0.29, 0.717) is 11.5 Å². The van der Waals surface area contributed by atoms with E-state index < -0.39 is 0 Å². The largest absolute Gasteiger partial charge is 0.316 e. The molecule has 2 aliphatic rings. The maximum absolute atomic E-state index is 3.58. The Kier molecular flexibility index (Phi) is 4.63. The van der Waals surface area contributed by atoms with Crippen molar-refractivity contribution in [2.24, 2.45) is 5.41 Å². The van der Waals surface area contributed by atoms with E-state index in [1.807, 2.05) is 0 Å². The van der Waals surface area contributed by atoms with Crippen LogP contribution in [-0.4, -0.2) is 56.1 Å².